The van der Waals surface area contributed by atoms with Crippen molar-refractivity contribution in [2.45, 2.75) is 13.0 Å². The lowest BCUT2D eigenvalue weighted by Crippen LogP contribution is -3.11. The van der Waals surface area contributed by atoms with Gasteiger partial charge in [-0.1, -0.05) is 36.4 Å². The van der Waals surface area contributed by atoms with E-state index >= 15 is 0 Å². The molecule has 0 amide bonds. The van der Waals surface area contributed by atoms with Crippen LogP contribution in [0.4, 0.5) is 11.4 Å². The zero-order chi connectivity index (χ0) is 15.1. The van der Waals surface area contributed by atoms with E-state index in [1.54, 1.807) is 0 Å². The van der Waals surface area contributed by atoms with Crippen LogP contribution in [0.3, 0.4) is 0 Å². The average molecular weight is 293 g/mol. The van der Waals surface area contributed by atoms with Crippen LogP contribution in [-0.2, 0) is 0 Å². The molecule has 0 radical (unpaired) electrons. The van der Waals surface area contributed by atoms with Crippen LogP contribution in [-0.4, -0.2) is 30.8 Å². The second kappa shape index (κ2) is 5.27. The van der Waals surface area contributed by atoms with Gasteiger partial charge in [-0.2, -0.15) is 0 Å². The van der Waals surface area contributed by atoms with Crippen molar-refractivity contribution >= 4 is 22.5 Å². The standard InChI is InChI=1S/C19H20N2O/c1-13(22)10-21-11-16-14-6-2-4-8-18(14)20-19-9-5-3-7-15(19)17(16)12-21/h2-9,13,20,22H,10-12H2,1H3/p+1/t13-/m1/s1. The van der Waals surface area contributed by atoms with E-state index in [4.69, 9.17) is 0 Å². The van der Waals surface area contributed by atoms with E-state index < -0.39 is 0 Å². The highest BCUT2D eigenvalue weighted by Gasteiger charge is 2.32. The Kier molecular flexibility index (Phi) is 3.25. The average Bonchev–Trinajstić information content (AvgIpc) is 2.85. The fraction of sp³-hybridized carbons (Fsp3) is 0.263. The Morgan fingerprint density at radius 2 is 1.45 bits per heavy atom. The van der Waals surface area contributed by atoms with E-state index in [1.165, 1.54) is 38.5 Å². The van der Waals surface area contributed by atoms with Crippen molar-refractivity contribution in [2.24, 2.45) is 0 Å². The summed E-state index contributed by atoms with van der Waals surface area (Å²) in [6, 6.07) is 17.1. The van der Waals surface area contributed by atoms with Crippen LogP contribution in [0.2, 0.25) is 0 Å². The molecule has 0 saturated carbocycles. The van der Waals surface area contributed by atoms with Crippen LogP contribution in [0.1, 0.15) is 18.1 Å². The van der Waals surface area contributed by atoms with Crippen molar-refractivity contribution < 1.29 is 10.0 Å². The summed E-state index contributed by atoms with van der Waals surface area (Å²) < 4.78 is 0. The van der Waals surface area contributed by atoms with E-state index in [0.717, 1.165) is 19.6 Å². The quantitative estimate of drug-likeness (QED) is 0.791. The van der Waals surface area contributed by atoms with Gasteiger partial charge in [-0.15, -0.1) is 0 Å². The van der Waals surface area contributed by atoms with E-state index in [0.29, 0.717) is 0 Å². The maximum atomic E-state index is 9.74. The summed E-state index contributed by atoms with van der Waals surface area (Å²) in [5, 5.41) is 13.3. The van der Waals surface area contributed by atoms with Crippen LogP contribution >= 0.6 is 0 Å². The second-order valence-corrected chi connectivity index (χ2v) is 6.33. The zero-order valence-corrected chi connectivity index (χ0v) is 12.8. The number of fused-ring (bicyclic) bond motifs is 4. The Morgan fingerprint density at radius 1 is 0.955 bits per heavy atom. The van der Waals surface area contributed by atoms with Crippen molar-refractivity contribution in [2.75, 3.05) is 25.0 Å². The van der Waals surface area contributed by atoms with Crippen molar-refractivity contribution in [3.05, 3.63) is 59.7 Å². The molecule has 0 spiro atoms. The van der Waals surface area contributed by atoms with Crippen molar-refractivity contribution in [1.29, 1.82) is 0 Å². The van der Waals surface area contributed by atoms with Gasteiger partial charge in [-0.3, -0.25) is 0 Å². The minimum Gasteiger partial charge on any atom is -0.388 e. The Hall–Kier alpha value is -2.10. The summed E-state index contributed by atoms with van der Waals surface area (Å²) >= 11 is 0. The molecule has 0 bridgehead atoms. The molecular formula is C19H21N2O+. The highest BCUT2D eigenvalue weighted by molar-refractivity contribution is 6.02. The van der Waals surface area contributed by atoms with Gasteiger partial charge in [0.2, 0.25) is 0 Å². The molecule has 0 aliphatic carbocycles. The highest BCUT2D eigenvalue weighted by Crippen LogP contribution is 2.39. The molecule has 2 aromatic rings. The number of aliphatic hydroxyl groups excluding tert-OH is 1. The number of rotatable bonds is 2. The van der Waals surface area contributed by atoms with Gasteiger partial charge in [0.1, 0.15) is 25.7 Å². The van der Waals surface area contributed by atoms with Gasteiger partial charge in [-0.05, 0) is 19.1 Å². The van der Waals surface area contributed by atoms with E-state index in [1.807, 2.05) is 6.92 Å². The predicted molar refractivity (Wildman–Crippen MR) is 90.2 cm³/mol. The first-order valence-corrected chi connectivity index (χ1v) is 7.92. The fourth-order valence-electron chi connectivity index (χ4n) is 3.71. The SMILES string of the molecule is C[C@@H](O)C[NH+]1CC2=C(C1)c1ccccc1Nc1ccccc12. The summed E-state index contributed by atoms with van der Waals surface area (Å²) in [4.78, 5) is 1.44. The lowest BCUT2D eigenvalue weighted by Gasteiger charge is -2.18. The summed E-state index contributed by atoms with van der Waals surface area (Å²) in [5.41, 5.74) is 7.80. The summed E-state index contributed by atoms with van der Waals surface area (Å²) in [6.45, 7) is 4.63. The molecule has 3 N–H and O–H groups in total. The first-order valence-electron chi connectivity index (χ1n) is 7.92. The van der Waals surface area contributed by atoms with Crippen LogP contribution < -0.4 is 10.2 Å². The van der Waals surface area contributed by atoms with E-state index in [2.05, 4.69) is 53.8 Å². The van der Waals surface area contributed by atoms with Gasteiger partial charge >= 0.3 is 0 Å². The smallest absolute Gasteiger partial charge is 0.104 e. The minimum absolute atomic E-state index is 0.262. The molecule has 0 unspecified atom stereocenters. The van der Waals surface area contributed by atoms with Crippen molar-refractivity contribution in [1.82, 2.24) is 0 Å². The molecule has 4 rings (SSSR count). The molecule has 3 nitrogen and oxygen atoms in total. The topological polar surface area (TPSA) is 36.7 Å². The summed E-state index contributed by atoms with van der Waals surface area (Å²) in [6.07, 6.45) is -0.262. The van der Waals surface area contributed by atoms with Gasteiger partial charge < -0.3 is 15.3 Å². The first kappa shape index (κ1) is 13.6. The summed E-state index contributed by atoms with van der Waals surface area (Å²) in [7, 11) is 0. The first-order chi connectivity index (χ1) is 10.7. The fourth-order valence-corrected chi connectivity index (χ4v) is 3.71. The third-order valence-electron chi connectivity index (χ3n) is 4.58. The molecule has 0 aromatic heterocycles. The normalized spacial score (nSPS) is 18.1. The molecule has 22 heavy (non-hydrogen) atoms. The van der Waals surface area contributed by atoms with Crippen LogP contribution in [0, 0.1) is 0 Å². The number of hydrogen-bond acceptors (Lipinski definition) is 2. The van der Waals surface area contributed by atoms with E-state index in [-0.39, 0.29) is 6.10 Å². The van der Waals surface area contributed by atoms with Crippen LogP contribution in [0.15, 0.2) is 48.5 Å². The number of para-hydroxylation sites is 2. The lowest BCUT2D eigenvalue weighted by molar-refractivity contribution is -0.883. The molecule has 0 saturated heterocycles. The van der Waals surface area contributed by atoms with Crippen LogP contribution in [0.5, 0.6) is 0 Å². The van der Waals surface area contributed by atoms with Gasteiger partial charge in [0, 0.05) is 33.6 Å². The third-order valence-corrected chi connectivity index (χ3v) is 4.58. The minimum atomic E-state index is -0.262. The van der Waals surface area contributed by atoms with Crippen LogP contribution in [0.25, 0.3) is 11.1 Å². The number of benzene rings is 2. The predicted octanol–water partition coefficient (Wildman–Crippen LogP) is 1.93. The highest BCUT2D eigenvalue weighted by atomic mass is 16.3. The second-order valence-electron chi connectivity index (χ2n) is 6.33. The molecule has 2 aromatic carbocycles. The molecule has 2 heterocycles. The van der Waals surface area contributed by atoms with Gasteiger partial charge in [-0.25, -0.2) is 0 Å². The molecule has 2 aliphatic rings. The molecular weight excluding hydrogens is 272 g/mol. The molecule has 0 fully saturated rings. The van der Waals surface area contributed by atoms with Gasteiger partial charge in [0.15, 0.2) is 0 Å². The Morgan fingerprint density at radius 3 is 1.95 bits per heavy atom. The van der Waals surface area contributed by atoms with Crippen molar-refractivity contribution in [3.63, 3.8) is 0 Å². The largest absolute Gasteiger partial charge is 0.388 e. The van der Waals surface area contributed by atoms with Gasteiger partial charge in [0.05, 0.1) is 0 Å². The van der Waals surface area contributed by atoms with Crippen molar-refractivity contribution in [3.8, 4) is 0 Å². The monoisotopic (exact) mass is 293 g/mol. The Labute approximate surface area is 130 Å². The summed E-state index contributed by atoms with van der Waals surface area (Å²) in [5.74, 6) is 0. The molecule has 3 heteroatoms. The molecule has 1 atom stereocenters. The van der Waals surface area contributed by atoms with Gasteiger partial charge in [0.25, 0.3) is 0 Å². The number of hydrogen-bond donors (Lipinski definition) is 3. The number of nitrogens with one attached hydrogen (secondary N) is 2. The number of aliphatic hydroxyl groups is 1. The van der Waals surface area contributed by atoms with E-state index in [9.17, 15) is 5.11 Å². The number of anilines is 2. The molecule has 2 aliphatic heterocycles. The third kappa shape index (κ3) is 2.23. The Bertz CT molecular complexity index is 691. The molecule has 112 valence electrons. The maximum Gasteiger partial charge on any atom is 0.104 e. The number of quaternary nitrogens is 1. The lowest BCUT2D eigenvalue weighted by atomic mass is 9.97. The maximum absolute atomic E-state index is 9.74. The zero-order valence-electron chi connectivity index (χ0n) is 12.8. The Balaban J connectivity index is 1.84.